The number of nitrogens with one attached hydrogen (secondary N) is 1. The lowest BCUT2D eigenvalue weighted by Gasteiger charge is -2.18. The fraction of sp³-hybridized carbons (Fsp3) is 0.389. The summed E-state index contributed by atoms with van der Waals surface area (Å²) < 4.78 is 5.66. The van der Waals surface area contributed by atoms with Gasteiger partial charge >= 0.3 is 0 Å². The molecule has 0 aliphatic carbocycles. The van der Waals surface area contributed by atoms with E-state index in [1.807, 2.05) is 26.2 Å². The van der Waals surface area contributed by atoms with E-state index >= 15 is 0 Å². The summed E-state index contributed by atoms with van der Waals surface area (Å²) in [7, 11) is 1.61. The third kappa shape index (κ3) is 5.86. The molecule has 0 bridgehead atoms. The van der Waals surface area contributed by atoms with Gasteiger partial charge in [-0.25, -0.2) is 4.98 Å². The number of hydrogen-bond donors (Lipinski definition) is 1. The van der Waals surface area contributed by atoms with Crippen LogP contribution in [0.15, 0.2) is 29.6 Å². The van der Waals surface area contributed by atoms with E-state index < -0.39 is 0 Å². The second kappa shape index (κ2) is 8.62. The van der Waals surface area contributed by atoms with Crippen LogP contribution >= 0.6 is 11.3 Å². The summed E-state index contributed by atoms with van der Waals surface area (Å²) in [6.45, 7) is 6.13. The van der Waals surface area contributed by atoms with Gasteiger partial charge in [-0.05, 0) is 45.0 Å². The molecule has 1 aromatic heterocycles. The number of ether oxygens (including phenoxy) is 1. The number of hydrogen-bond acceptors (Lipinski definition) is 5. The second-order valence-electron chi connectivity index (χ2n) is 6.05. The molecule has 134 valence electrons. The van der Waals surface area contributed by atoms with E-state index in [-0.39, 0.29) is 24.4 Å². The van der Waals surface area contributed by atoms with E-state index in [1.165, 1.54) is 4.90 Å². The monoisotopic (exact) mass is 361 g/mol. The molecular weight excluding hydrogens is 338 g/mol. The van der Waals surface area contributed by atoms with Crippen LogP contribution < -0.4 is 10.1 Å². The molecule has 1 N–H and O–H groups in total. The fourth-order valence-corrected chi connectivity index (χ4v) is 2.80. The van der Waals surface area contributed by atoms with Crippen LogP contribution in [0.4, 0.5) is 0 Å². The topological polar surface area (TPSA) is 71.5 Å². The number of aryl methyl sites for hydroxylation is 1. The van der Waals surface area contributed by atoms with Gasteiger partial charge in [0.05, 0.1) is 17.2 Å². The molecule has 0 saturated carbocycles. The molecule has 2 aromatic rings. The maximum Gasteiger partial charge on any atom is 0.254 e. The zero-order chi connectivity index (χ0) is 18.4. The lowest BCUT2D eigenvalue weighted by atomic mass is 10.2. The number of likely N-dealkylation sites (N-methyl/N-ethyl adjacent to an activating group) is 1. The average Bonchev–Trinajstić information content (AvgIpc) is 2.97. The standard InChI is InChI=1S/C18H23N3O3S/c1-12(2)19-17(22)9-21(4)18(23)14-5-7-16(8-6-14)24-10-15-11-25-13(3)20-15/h5-8,11-12H,9-10H2,1-4H3,(H,19,22). The molecule has 0 radical (unpaired) electrons. The Bertz CT molecular complexity index is 725. The highest BCUT2D eigenvalue weighted by Crippen LogP contribution is 2.16. The first-order valence-electron chi connectivity index (χ1n) is 8.04. The van der Waals surface area contributed by atoms with E-state index in [1.54, 1.807) is 42.6 Å². The Morgan fingerprint density at radius 1 is 1.28 bits per heavy atom. The molecule has 0 fully saturated rings. The van der Waals surface area contributed by atoms with Crippen molar-refractivity contribution in [1.29, 1.82) is 0 Å². The SMILES string of the molecule is Cc1nc(COc2ccc(C(=O)N(C)CC(=O)NC(C)C)cc2)cs1. The Labute approximate surface area is 151 Å². The molecule has 0 spiro atoms. The normalized spacial score (nSPS) is 10.6. The van der Waals surface area contributed by atoms with E-state index in [0.717, 1.165) is 10.7 Å². The number of amides is 2. The quantitative estimate of drug-likeness (QED) is 0.823. The van der Waals surface area contributed by atoms with Crippen molar-refractivity contribution in [2.24, 2.45) is 0 Å². The number of thiazole rings is 1. The molecule has 0 atom stereocenters. The summed E-state index contributed by atoms with van der Waals surface area (Å²) in [4.78, 5) is 29.8. The Morgan fingerprint density at radius 3 is 2.52 bits per heavy atom. The summed E-state index contributed by atoms with van der Waals surface area (Å²) in [6.07, 6.45) is 0. The summed E-state index contributed by atoms with van der Waals surface area (Å²) in [5, 5.41) is 5.73. The van der Waals surface area contributed by atoms with Crippen LogP contribution in [-0.2, 0) is 11.4 Å². The van der Waals surface area contributed by atoms with Crippen LogP contribution in [0.1, 0.15) is 34.9 Å². The van der Waals surface area contributed by atoms with E-state index in [4.69, 9.17) is 4.74 Å². The van der Waals surface area contributed by atoms with E-state index in [9.17, 15) is 9.59 Å². The largest absolute Gasteiger partial charge is 0.487 e. The van der Waals surface area contributed by atoms with Crippen molar-refractivity contribution in [2.75, 3.05) is 13.6 Å². The molecule has 25 heavy (non-hydrogen) atoms. The first-order valence-corrected chi connectivity index (χ1v) is 8.92. The molecule has 1 aromatic carbocycles. The average molecular weight is 361 g/mol. The Kier molecular flexibility index (Phi) is 6.52. The molecule has 0 saturated heterocycles. The van der Waals surface area contributed by atoms with Crippen LogP contribution in [0.3, 0.4) is 0 Å². The van der Waals surface area contributed by atoms with Gasteiger partial charge in [0, 0.05) is 24.0 Å². The van der Waals surface area contributed by atoms with Crippen LogP contribution in [0.2, 0.25) is 0 Å². The first kappa shape index (κ1) is 18.9. The van der Waals surface area contributed by atoms with Crippen molar-refractivity contribution in [3.63, 3.8) is 0 Å². The number of aromatic nitrogens is 1. The highest BCUT2D eigenvalue weighted by molar-refractivity contribution is 7.09. The van der Waals surface area contributed by atoms with Gasteiger partial charge in [0.2, 0.25) is 5.91 Å². The Morgan fingerprint density at radius 2 is 1.96 bits per heavy atom. The van der Waals surface area contributed by atoms with Crippen molar-refractivity contribution in [3.05, 3.63) is 45.9 Å². The number of carbonyl (C=O) groups is 2. The number of carbonyl (C=O) groups excluding carboxylic acids is 2. The van der Waals surface area contributed by atoms with Gasteiger partial charge in [-0.2, -0.15) is 0 Å². The minimum absolute atomic E-state index is 0.0262. The van der Waals surface area contributed by atoms with Crippen LogP contribution in [0.25, 0.3) is 0 Å². The first-order chi connectivity index (χ1) is 11.8. The molecule has 0 aliphatic heterocycles. The molecule has 6 nitrogen and oxygen atoms in total. The van der Waals surface area contributed by atoms with Gasteiger partial charge in [0.25, 0.3) is 5.91 Å². The van der Waals surface area contributed by atoms with Gasteiger partial charge in [-0.15, -0.1) is 11.3 Å². The third-order valence-corrected chi connectivity index (χ3v) is 4.15. The van der Waals surface area contributed by atoms with Crippen molar-refractivity contribution in [1.82, 2.24) is 15.2 Å². The number of benzene rings is 1. The van der Waals surface area contributed by atoms with E-state index in [0.29, 0.717) is 17.9 Å². The van der Waals surface area contributed by atoms with Gasteiger partial charge in [0.1, 0.15) is 12.4 Å². The number of nitrogens with zero attached hydrogens (tertiary/aromatic N) is 2. The van der Waals surface area contributed by atoms with E-state index in [2.05, 4.69) is 10.3 Å². The molecule has 1 heterocycles. The summed E-state index contributed by atoms with van der Waals surface area (Å²) in [6, 6.07) is 6.93. The summed E-state index contributed by atoms with van der Waals surface area (Å²) >= 11 is 1.58. The molecule has 2 amide bonds. The summed E-state index contributed by atoms with van der Waals surface area (Å²) in [5.41, 5.74) is 1.40. The highest BCUT2D eigenvalue weighted by atomic mass is 32.1. The highest BCUT2D eigenvalue weighted by Gasteiger charge is 2.15. The predicted octanol–water partition coefficient (Wildman–Crippen LogP) is 2.63. The molecule has 0 aliphatic rings. The zero-order valence-corrected chi connectivity index (χ0v) is 15.7. The van der Waals surface area contributed by atoms with Crippen molar-refractivity contribution in [2.45, 2.75) is 33.4 Å². The Balaban J connectivity index is 1.89. The van der Waals surface area contributed by atoms with Crippen molar-refractivity contribution < 1.29 is 14.3 Å². The smallest absolute Gasteiger partial charge is 0.254 e. The van der Waals surface area contributed by atoms with Crippen molar-refractivity contribution >= 4 is 23.2 Å². The van der Waals surface area contributed by atoms with Gasteiger partial charge in [0.15, 0.2) is 0 Å². The molecule has 0 unspecified atom stereocenters. The fourth-order valence-electron chi connectivity index (χ4n) is 2.20. The lowest BCUT2D eigenvalue weighted by Crippen LogP contribution is -2.40. The second-order valence-corrected chi connectivity index (χ2v) is 7.12. The maximum atomic E-state index is 12.4. The zero-order valence-electron chi connectivity index (χ0n) is 14.9. The van der Waals surface area contributed by atoms with Gasteiger partial charge in [-0.1, -0.05) is 0 Å². The molecule has 2 rings (SSSR count). The minimum atomic E-state index is -0.208. The predicted molar refractivity (Wildman–Crippen MR) is 97.9 cm³/mol. The maximum absolute atomic E-state index is 12.4. The third-order valence-electron chi connectivity index (χ3n) is 3.33. The van der Waals surface area contributed by atoms with Crippen LogP contribution in [0, 0.1) is 6.92 Å². The van der Waals surface area contributed by atoms with Gasteiger partial charge in [-0.3, -0.25) is 9.59 Å². The molecule has 7 heteroatoms. The van der Waals surface area contributed by atoms with Crippen molar-refractivity contribution in [3.8, 4) is 5.75 Å². The molecular formula is C18H23N3O3S. The minimum Gasteiger partial charge on any atom is -0.487 e. The van der Waals surface area contributed by atoms with Crippen LogP contribution in [0.5, 0.6) is 5.75 Å². The number of rotatable bonds is 7. The lowest BCUT2D eigenvalue weighted by molar-refractivity contribution is -0.122. The van der Waals surface area contributed by atoms with Gasteiger partial charge < -0.3 is 15.0 Å². The van der Waals surface area contributed by atoms with Crippen LogP contribution in [-0.4, -0.2) is 41.3 Å². The summed E-state index contributed by atoms with van der Waals surface area (Å²) in [5.74, 6) is 0.285. The Hall–Kier alpha value is -2.41.